The second-order valence-corrected chi connectivity index (χ2v) is 3.29. The summed E-state index contributed by atoms with van der Waals surface area (Å²) < 4.78 is 21.9. The first-order chi connectivity index (χ1) is 4.68. The van der Waals surface area contributed by atoms with E-state index in [1.807, 2.05) is 0 Å². The SMILES string of the molecule is CC[O][Zr](=[O])[OH].NCCN. The number of nitrogens with two attached hydrogens (primary N) is 2. The fourth-order valence-corrected chi connectivity index (χ4v) is 0.730. The van der Waals surface area contributed by atoms with Gasteiger partial charge in [0, 0.05) is 13.1 Å². The van der Waals surface area contributed by atoms with Gasteiger partial charge < -0.3 is 11.5 Å². The average molecular weight is 229 g/mol. The summed E-state index contributed by atoms with van der Waals surface area (Å²) in [5, 5.41) is 0. The van der Waals surface area contributed by atoms with E-state index in [0.717, 1.165) is 0 Å². The molecule has 0 aliphatic rings. The Kier molecular flexibility index (Phi) is 16.1. The summed E-state index contributed by atoms with van der Waals surface area (Å²) in [5.74, 6) is 0. The Hall–Kier alpha value is 0.523. The van der Waals surface area contributed by atoms with E-state index in [9.17, 15) is 2.81 Å². The van der Waals surface area contributed by atoms with Crippen LogP contribution in [0.15, 0.2) is 0 Å². The van der Waals surface area contributed by atoms with Crippen molar-refractivity contribution in [1.29, 1.82) is 0 Å². The van der Waals surface area contributed by atoms with Gasteiger partial charge in [0.1, 0.15) is 0 Å². The first-order valence-electron chi connectivity index (χ1n) is 2.94. The molecule has 62 valence electrons. The number of rotatable bonds is 3. The molecule has 5 N–H and O–H groups in total. The van der Waals surface area contributed by atoms with Crippen LogP contribution in [0.25, 0.3) is 0 Å². The van der Waals surface area contributed by atoms with Crippen LogP contribution in [-0.2, 0) is 28.3 Å². The molecule has 0 amide bonds. The summed E-state index contributed by atoms with van der Waals surface area (Å²) in [4.78, 5) is 0. The van der Waals surface area contributed by atoms with Crippen LogP contribution in [-0.4, -0.2) is 22.9 Å². The summed E-state index contributed by atoms with van der Waals surface area (Å²) in [6.45, 7) is 3.24. The molecular formula is C4H14N2O3Zr. The zero-order valence-corrected chi connectivity index (χ0v) is 8.50. The van der Waals surface area contributed by atoms with Crippen molar-refractivity contribution >= 4 is 0 Å². The largest absolute Gasteiger partial charge is 0.329 e. The van der Waals surface area contributed by atoms with Gasteiger partial charge in [0.2, 0.25) is 0 Å². The maximum atomic E-state index is 9.66. The molecule has 0 saturated heterocycles. The Morgan fingerprint density at radius 3 is 1.90 bits per heavy atom. The van der Waals surface area contributed by atoms with Gasteiger partial charge in [-0.2, -0.15) is 0 Å². The van der Waals surface area contributed by atoms with Gasteiger partial charge in [0.25, 0.3) is 0 Å². The molecule has 0 aromatic rings. The minimum absolute atomic E-state index is 0.356. The fourth-order valence-electron chi connectivity index (χ4n) is 0.123. The molecular weight excluding hydrogens is 215 g/mol. The van der Waals surface area contributed by atoms with Gasteiger partial charge in [-0.15, -0.1) is 0 Å². The second kappa shape index (κ2) is 12.2. The van der Waals surface area contributed by atoms with Crippen LogP contribution in [0, 0.1) is 0 Å². The minimum Gasteiger partial charge on any atom is -0.329 e. The summed E-state index contributed by atoms with van der Waals surface area (Å²) in [6.07, 6.45) is 0. The first kappa shape index (κ1) is 13.1. The van der Waals surface area contributed by atoms with Crippen molar-refractivity contribution in [3.63, 3.8) is 0 Å². The Balaban J connectivity index is 0. The van der Waals surface area contributed by atoms with E-state index in [1.54, 1.807) is 6.92 Å². The predicted octanol–water partition coefficient (Wildman–Crippen LogP) is -1.29. The molecule has 0 aliphatic heterocycles. The van der Waals surface area contributed by atoms with Crippen LogP contribution >= 0.6 is 0 Å². The molecule has 5 nitrogen and oxygen atoms in total. The molecule has 0 fully saturated rings. The Labute approximate surface area is 69.7 Å². The van der Waals surface area contributed by atoms with Gasteiger partial charge in [-0.1, -0.05) is 0 Å². The van der Waals surface area contributed by atoms with Gasteiger partial charge in [0.05, 0.1) is 0 Å². The minimum atomic E-state index is -3.37. The standard InChI is InChI=1S/C2H8N2.C2H5O.H2O.O.Zr/c3-1-2-4;1-2-3;;;/h1-4H2;2H2,1H3;1H2;;/q;-1;;;+2/p-1. The van der Waals surface area contributed by atoms with Crippen molar-refractivity contribution in [3.05, 3.63) is 0 Å². The van der Waals surface area contributed by atoms with Gasteiger partial charge in [-0.3, -0.25) is 0 Å². The summed E-state index contributed by atoms with van der Waals surface area (Å²) in [7, 11) is 0. The third kappa shape index (κ3) is 23.6. The third-order valence-electron chi connectivity index (χ3n) is 0.434. The van der Waals surface area contributed by atoms with Crippen LogP contribution in [0.5, 0.6) is 0 Å². The third-order valence-corrected chi connectivity index (χ3v) is 1.75. The van der Waals surface area contributed by atoms with Gasteiger partial charge in [-0.05, 0) is 0 Å². The van der Waals surface area contributed by atoms with Crippen molar-refractivity contribution in [1.82, 2.24) is 0 Å². The molecule has 0 aromatic carbocycles. The molecule has 6 heteroatoms. The van der Waals surface area contributed by atoms with Gasteiger partial charge in [-0.25, -0.2) is 0 Å². The molecule has 0 aromatic heterocycles. The van der Waals surface area contributed by atoms with Crippen molar-refractivity contribution < 1.29 is 31.4 Å². The molecule has 0 bridgehead atoms. The van der Waals surface area contributed by atoms with E-state index in [0.29, 0.717) is 19.7 Å². The quantitative estimate of drug-likeness (QED) is 0.559. The van der Waals surface area contributed by atoms with Gasteiger partial charge >= 0.3 is 45.0 Å². The van der Waals surface area contributed by atoms with Crippen molar-refractivity contribution in [3.8, 4) is 0 Å². The summed E-state index contributed by atoms with van der Waals surface area (Å²) in [6, 6.07) is 0. The molecule has 10 heavy (non-hydrogen) atoms. The van der Waals surface area contributed by atoms with E-state index in [2.05, 4.69) is 2.81 Å². The smallest absolute Gasteiger partial charge is 0.00461 e. The Morgan fingerprint density at radius 1 is 1.50 bits per heavy atom. The Morgan fingerprint density at radius 2 is 1.90 bits per heavy atom. The molecule has 0 heterocycles. The second-order valence-electron chi connectivity index (χ2n) is 1.28. The normalized spacial score (nSPS) is 8.00. The molecule has 0 spiro atoms. The summed E-state index contributed by atoms with van der Waals surface area (Å²) >= 11 is -3.37. The van der Waals surface area contributed by atoms with Crippen LogP contribution < -0.4 is 11.5 Å². The van der Waals surface area contributed by atoms with Crippen molar-refractivity contribution in [2.75, 3.05) is 19.7 Å². The zero-order valence-electron chi connectivity index (χ0n) is 6.04. The monoisotopic (exact) mass is 228 g/mol. The van der Waals surface area contributed by atoms with Crippen molar-refractivity contribution in [2.45, 2.75) is 6.92 Å². The maximum Gasteiger partial charge on any atom is 0.00461 e. The van der Waals surface area contributed by atoms with Crippen LogP contribution in [0.1, 0.15) is 6.92 Å². The maximum absolute atomic E-state index is 9.66. The molecule has 0 unspecified atom stereocenters. The van der Waals surface area contributed by atoms with Crippen LogP contribution in [0.3, 0.4) is 0 Å². The molecule has 0 radical (unpaired) electrons. The van der Waals surface area contributed by atoms with E-state index in [-0.39, 0.29) is 0 Å². The predicted molar refractivity (Wildman–Crippen MR) is 32.6 cm³/mol. The number of hydrogen-bond acceptors (Lipinski definition) is 4. The van der Waals surface area contributed by atoms with E-state index >= 15 is 0 Å². The van der Waals surface area contributed by atoms with Gasteiger partial charge in [0.15, 0.2) is 0 Å². The van der Waals surface area contributed by atoms with E-state index in [1.165, 1.54) is 0 Å². The van der Waals surface area contributed by atoms with Crippen LogP contribution in [0.2, 0.25) is 0 Å². The fraction of sp³-hybridized carbons (Fsp3) is 1.00. The van der Waals surface area contributed by atoms with E-state index < -0.39 is 22.6 Å². The topological polar surface area (TPSA) is 98.6 Å². The van der Waals surface area contributed by atoms with Crippen molar-refractivity contribution in [2.24, 2.45) is 11.5 Å². The molecule has 0 rings (SSSR count). The Bertz CT molecular complexity index is 78.9. The molecule has 0 atom stereocenters. The molecule has 0 aliphatic carbocycles. The average Bonchev–Trinajstić information content (AvgIpc) is 1.89. The van der Waals surface area contributed by atoms with E-state index in [4.69, 9.17) is 14.7 Å². The first-order valence-corrected chi connectivity index (χ1v) is 6.05. The zero-order chi connectivity index (χ0) is 8.41. The molecule has 0 saturated carbocycles. The number of hydrogen-bond donors (Lipinski definition) is 3. The van der Waals surface area contributed by atoms with Crippen LogP contribution in [0.4, 0.5) is 0 Å². The summed E-state index contributed by atoms with van der Waals surface area (Å²) in [5.41, 5.74) is 9.81.